The van der Waals surface area contributed by atoms with Gasteiger partial charge in [-0.3, -0.25) is 0 Å². The lowest BCUT2D eigenvalue weighted by Crippen LogP contribution is -2.47. The summed E-state index contributed by atoms with van der Waals surface area (Å²) in [5.41, 5.74) is 0.370. The molecule has 1 N–H and O–H groups in total. The molecule has 2 rings (SSSR count). The molecule has 0 aromatic carbocycles. The molecule has 1 aliphatic rings. The second-order valence-corrected chi connectivity index (χ2v) is 7.35. The van der Waals surface area contributed by atoms with Crippen LogP contribution in [0.5, 0.6) is 0 Å². The molecule has 1 unspecified atom stereocenters. The van der Waals surface area contributed by atoms with Crippen LogP contribution in [-0.4, -0.2) is 45.7 Å². The zero-order valence-corrected chi connectivity index (χ0v) is 15.1. The number of aryl methyl sites for hydroxylation is 1. The zero-order chi connectivity index (χ0) is 16.3. The summed E-state index contributed by atoms with van der Waals surface area (Å²) in [7, 11) is 0. The molecule has 0 saturated carbocycles. The summed E-state index contributed by atoms with van der Waals surface area (Å²) in [5.74, 6) is 0.763. The maximum Gasteiger partial charge on any atom is 0.410 e. The second kappa shape index (κ2) is 6.81. The first-order chi connectivity index (χ1) is 10.2. The molecule has 7 heteroatoms. The molecule has 6 nitrogen and oxygen atoms in total. The number of amides is 1. The van der Waals surface area contributed by atoms with E-state index in [9.17, 15) is 4.79 Å². The van der Waals surface area contributed by atoms with Gasteiger partial charge in [-0.1, -0.05) is 0 Å². The topological polar surface area (TPSA) is 67.4 Å². The van der Waals surface area contributed by atoms with Crippen LogP contribution in [-0.2, 0) is 4.74 Å². The Morgan fingerprint density at radius 1 is 1.50 bits per heavy atom. The second-order valence-electron chi connectivity index (χ2n) is 6.54. The Labute approximate surface area is 139 Å². The van der Waals surface area contributed by atoms with E-state index in [2.05, 4.69) is 31.2 Å². The SMILES string of the molecule is Cc1nc(Br)cnc1NC1CCCN(C(=O)OC(C)(C)C)C1. The lowest BCUT2D eigenvalue weighted by Gasteiger charge is -2.34. The van der Waals surface area contributed by atoms with Gasteiger partial charge in [0, 0.05) is 19.1 Å². The molecular weight excluding hydrogens is 348 g/mol. The fourth-order valence-electron chi connectivity index (χ4n) is 2.38. The average Bonchev–Trinajstić information content (AvgIpc) is 2.40. The Bertz CT molecular complexity index is 545. The minimum Gasteiger partial charge on any atom is -0.444 e. The summed E-state index contributed by atoms with van der Waals surface area (Å²) >= 11 is 3.31. The summed E-state index contributed by atoms with van der Waals surface area (Å²) in [6.45, 7) is 8.90. The third kappa shape index (κ3) is 4.83. The highest BCUT2D eigenvalue weighted by Crippen LogP contribution is 2.19. The van der Waals surface area contributed by atoms with Crippen LogP contribution in [0, 0.1) is 6.92 Å². The number of nitrogens with one attached hydrogen (secondary N) is 1. The number of carbonyl (C=O) groups excluding carboxylic acids is 1. The summed E-state index contributed by atoms with van der Waals surface area (Å²) in [5, 5.41) is 3.38. The molecule has 0 radical (unpaired) electrons. The lowest BCUT2D eigenvalue weighted by molar-refractivity contribution is 0.0206. The van der Waals surface area contributed by atoms with Gasteiger partial charge in [-0.2, -0.15) is 0 Å². The molecule has 2 heterocycles. The average molecular weight is 371 g/mol. The molecule has 0 aliphatic carbocycles. The number of ether oxygens (including phenoxy) is 1. The third-order valence-corrected chi connectivity index (χ3v) is 3.71. The molecule has 1 aromatic rings. The van der Waals surface area contributed by atoms with Gasteiger partial charge in [0.25, 0.3) is 0 Å². The molecule has 1 aromatic heterocycles. The van der Waals surface area contributed by atoms with Gasteiger partial charge in [0.1, 0.15) is 16.0 Å². The molecule has 1 amide bonds. The highest BCUT2D eigenvalue weighted by Gasteiger charge is 2.27. The largest absolute Gasteiger partial charge is 0.444 e. The van der Waals surface area contributed by atoms with E-state index < -0.39 is 5.60 Å². The van der Waals surface area contributed by atoms with Crippen LogP contribution in [0.2, 0.25) is 0 Å². The van der Waals surface area contributed by atoms with Gasteiger partial charge in [-0.25, -0.2) is 14.8 Å². The van der Waals surface area contributed by atoms with Crippen molar-refractivity contribution in [1.82, 2.24) is 14.9 Å². The molecule has 1 fully saturated rings. The van der Waals surface area contributed by atoms with Crippen LogP contribution < -0.4 is 5.32 Å². The first-order valence-electron chi connectivity index (χ1n) is 7.48. The fourth-order valence-corrected chi connectivity index (χ4v) is 2.74. The van der Waals surface area contributed by atoms with E-state index in [0.29, 0.717) is 6.54 Å². The number of anilines is 1. The first-order valence-corrected chi connectivity index (χ1v) is 8.27. The highest BCUT2D eigenvalue weighted by molar-refractivity contribution is 9.10. The van der Waals surface area contributed by atoms with Crippen LogP contribution >= 0.6 is 15.9 Å². The standard InChI is InChI=1S/C15H23BrN4O2/c1-10-13(17-8-12(16)18-10)19-11-6-5-7-20(9-11)14(21)22-15(2,3)4/h8,11H,5-7,9H2,1-4H3,(H,17,19). The zero-order valence-electron chi connectivity index (χ0n) is 13.5. The van der Waals surface area contributed by atoms with Crippen LogP contribution in [0.1, 0.15) is 39.3 Å². The normalized spacial score (nSPS) is 19.0. The van der Waals surface area contributed by atoms with Crippen LogP contribution in [0.15, 0.2) is 10.8 Å². The van der Waals surface area contributed by atoms with E-state index in [1.807, 2.05) is 27.7 Å². The Hall–Kier alpha value is -1.37. The molecule has 1 saturated heterocycles. The Kier molecular flexibility index (Phi) is 5.26. The van der Waals surface area contributed by atoms with E-state index in [-0.39, 0.29) is 12.1 Å². The van der Waals surface area contributed by atoms with E-state index in [1.54, 1.807) is 11.1 Å². The highest BCUT2D eigenvalue weighted by atomic mass is 79.9. The fraction of sp³-hybridized carbons (Fsp3) is 0.667. The van der Waals surface area contributed by atoms with E-state index in [4.69, 9.17) is 4.74 Å². The number of carbonyl (C=O) groups is 1. The van der Waals surface area contributed by atoms with Crippen molar-refractivity contribution in [2.75, 3.05) is 18.4 Å². The van der Waals surface area contributed by atoms with E-state index in [1.165, 1.54) is 0 Å². The Morgan fingerprint density at radius 2 is 2.23 bits per heavy atom. The van der Waals surface area contributed by atoms with Crippen molar-refractivity contribution in [3.63, 3.8) is 0 Å². The summed E-state index contributed by atoms with van der Waals surface area (Å²) in [6, 6.07) is 0.162. The Balaban J connectivity index is 1.97. The number of piperidine rings is 1. The number of rotatable bonds is 2. The van der Waals surface area contributed by atoms with Crippen molar-refractivity contribution in [2.24, 2.45) is 0 Å². The molecule has 22 heavy (non-hydrogen) atoms. The Morgan fingerprint density at radius 3 is 2.86 bits per heavy atom. The molecule has 122 valence electrons. The first kappa shape index (κ1) is 17.0. The van der Waals surface area contributed by atoms with Crippen LogP contribution in [0.25, 0.3) is 0 Å². The van der Waals surface area contributed by atoms with Gasteiger partial charge in [-0.05, 0) is 56.5 Å². The number of halogens is 1. The molecule has 0 bridgehead atoms. The van der Waals surface area contributed by atoms with E-state index >= 15 is 0 Å². The van der Waals surface area contributed by atoms with Crippen molar-refractivity contribution >= 4 is 27.8 Å². The van der Waals surface area contributed by atoms with Crippen LogP contribution in [0.4, 0.5) is 10.6 Å². The van der Waals surface area contributed by atoms with Crippen molar-refractivity contribution in [3.05, 3.63) is 16.5 Å². The van der Waals surface area contributed by atoms with Crippen molar-refractivity contribution in [1.29, 1.82) is 0 Å². The monoisotopic (exact) mass is 370 g/mol. The molecule has 1 atom stereocenters. The molecular formula is C15H23BrN4O2. The van der Waals surface area contributed by atoms with Gasteiger partial charge < -0.3 is 15.0 Å². The summed E-state index contributed by atoms with van der Waals surface area (Å²) in [6.07, 6.45) is 3.36. The maximum absolute atomic E-state index is 12.2. The minimum atomic E-state index is -0.467. The number of nitrogens with zero attached hydrogens (tertiary/aromatic N) is 3. The summed E-state index contributed by atoms with van der Waals surface area (Å²) in [4.78, 5) is 22.6. The molecule has 0 spiro atoms. The van der Waals surface area contributed by atoms with Crippen molar-refractivity contribution in [2.45, 2.75) is 52.2 Å². The van der Waals surface area contributed by atoms with Crippen LogP contribution in [0.3, 0.4) is 0 Å². The van der Waals surface area contributed by atoms with Crippen molar-refractivity contribution in [3.8, 4) is 0 Å². The van der Waals surface area contributed by atoms with Crippen molar-refractivity contribution < 1.29 is 9.53 Å². The quantitative estimate of drug-likeness (QED) is 0.864. The maximum atomic E-state index is 12.2. The number of likely N-dealkylation sites (tertiary alicyclic amines) is 1. The number of hydrogen-bond donors (Lipinski definition) is 1. The smallest absolute Gasteiger partial charge is 0.410 e. The lowest BCUT2D eigenvalue weighted by atomic mass is 10.1. The predicted molar refractivity (Wildman–Crippen MR) is 88.9 cm³/mol. The number of hydrogen-bond acceptors (Lipinski definition) is 5. The minimum absolute atomic E-state index is 0.162. The summed E-state index contributed by atoms with van der Waals surface area (Å²) < 4.78 is 6.16. The predicted octanol–water partition coefficient (Wildman–Crippen LogP) is 3.36. The van der Waals surface area contributed by atoms with Gasteiger partial charge in [0.15, 0.2) is 0 Å². The van der Waals surface area contributed by atoms with Gasteiger partial charge in [-0.15, -0.1) is 0 Å². The number of aromatic nitrogens is 2. The van der Waals surface area contributed by atoms with Gasteiger partial charge in [0.05, 0.1) is 11.9 Å². The van der Waals surface area contributed by atoms with E-state index in [0.717, 1.165) is 35.5 Å². The van der Waals surface area contributed by atoms with Gasteiger partial charge in [0.2, 0.25) is 0 Å². The third-order valence-electron chi connectivity index (χ3n) is 3.33. The molecule has 1 aliphatic heterocycles. The van der Waals surface area contributed by atoms with Gasteiger partial charge >= 0.3 is 6.09 Å².